The molecule has 5 nitrogen and oxygen atoms in total. The highest BCUT2D eigenvalue weighted by Crippen LogP contribution is 2.13. The van der Waals surface area contributed by atoms with E-state index in [0.29, 0.717) is 0 Å². The Morgan fingerprint density at radius 2 is 1.95 bits per heavy atom. The van der Waals surface area contributed by atoms with Crippen molar-refractivity contribution >= 4 is 11.9 Å². The molecule has 0 aliphatic heterocycles. The van der Waals surface area contributed by atoms with E-state index >= 15 is 0 Å². The van der Waals surface area contributed by atoms with Crippen molar-refractivity contribution in [2.75, 3.05) is 7.11 Å². The van der Waals surface area contributed by atoms with E-state index in [2.05, 4.69) is 10.1 Å². The lowest BCUT2D eigenvalue weighted by Crippen LogP contribution is -2.43. The molecule has 1 amide bonds. The first-order chi connectivity index (χ1) is 10.4. The van der Waals surface area contributed by atoms with Crippen molar-refractivity contribution in [3.8, 4) is 6.07 Å². The lowest BCUT2D eigenvalue weighted by atomic mass is 10.0. The number of ether oxygens (including phenoxy) is 1. The topological polar surface area (TPSA) is 79.2 Å². The van der Waals surface area contributed by atoms with Gasteiger partial charge in [0, 0.05) is 11.5 Å². The van der Waals surface area contributed by atoms with Crippen LogP contribution < -0.4 is 5.32 Å². The van der Waals surface area contributed by atoms with Gasteiger partial charge in [-0.25, -0.2) is 13.6 Å². The van der Waals surface area contributed by atoms with Crippen LogP contribution in [0.3, 0.4) is 0 Å². The number of nitrogens with one attached hydrogen (secondary N) is 1. The van der Waals surface area contributed by atoms with Crippen LogP contribution in [0.25, 0.3) is 0 Å². The van der Waals surface area contributed by atoms with Crippen LogP contribution in [0.15, 0.2) is 18.2 Å². The Morgan fingerprint density at radius 1 is 1.36 bits per heavy atom. The molecule has 1 aromatic carbocycles. The molecule has 0 heterocycles. The molecular weight excluding hydrogens is 294 g/mol. The van der Waals surface area contributed by atoms with Crippen LogP contribution in [0.5, 0.6) is 0 Å². The van der Waals surface area contributed by atoms with Crippen molar-refractivity contribution in [1.82, 2.24) is 5.32 Å². The predicted octanol–water partition coefficient (Wildman–Crippen LogP) is 1.71. The number of rotatable bonds is 6. The second-order valence-electron chi connectivity index (χ2n) is 4.79. The van der Waals surface area contributed by atoms with Gasteiger partial charge in [0.2, 0.25) is 5.91 Å². The number of halogens is 2. The first kappa shape index (κ1) is 17.6. The zero-order valence-electron chi connectivity index (χ0n) is 12.2. The van der Waals surface area contributed by atoms with Gasteiger partial charge in [0.1, 0.15) is 17.7 Å². The zero-order valence-corrected chi connectivity index (χ0v) is 12.2. The highest BCUT2D eigenvalue weighted by molar-refractivity contribution is 5.85. The fourth-order valence-corrected chi connectivity index (χ4v) is 1.87. The summed E-state index contributed by atoms with van der Waals surface area (Å²) in [5.74, 6) is -3.62. The largest absolute Gasteiger partial charge is 0.467 e. The number of hydrogen-bond acceptors (Lipinski definition) is 4. The molecule has 0 aromatic heterocycles. The lowest BCUT2D eigenvalue weighted by molar-refractivity contribution is -0.145. The summed E-state index contributed by atoms with van der Waals surface area (Å²) >= 11 is 0. The molecule has 0 radical (unpaired) electrons. The van der Waals surface area contributed by atoms with Gasteiger partial charge in [0.25, 0.3) is 0 Å². The van der Waals surface area contributed by atoms with Gasteiger partial charge in [-0.3, -0.25) is 4.79 Å². The summed E-state index contributed by atoms with van der Waals surface area (Å²) in [6, 6.07) is 4.17. The molecule has 0 unspecified atom stereocenters. The molecule has 7 heteroatoms. The number of nitrogens with zero attached hydrogens (tertiary/aromatic N) is 1. The Labute approximate surface area is 126 Å². The molecule has 22 heavy (non-hydrogen) atoms. The second kappa shape index (κ2) is 8.08. The first-order valence-corrected chi connectivity index (χ1v) is 6.58. The zero-order chi connectivity index (χ0) is 16.7. The quantitative estimate of drug-likeness (QED) is 0.811. The van der Waals surface area contributed by atoms with Gasteiger partial charge in [0.15, 0.2) is 0 Å². The summed E-state index contributed by atoms with van der Waals surface area (Å²) in [5.41, 5.74) is -0.378. The molecule has 1 N–H and O–H groups in total. The van der Waals surface area contributed by atoms with Crippen LogP contribution in [0, 0.1) is 28.9 Å². The minimum atomic E-state index is -1.04. The number of amides is 1. The molecule has 0 aliphatic rings. The normalized spacial score (nSPS) is 12.9. The van der Waals surface area contributed by atoms with E-state index < -0.39 is 41.9 Å². The molecule has 118 valence electrons. The smallest absolute Gasteiger partial charge is 0.328 e. The highest BCUT2D eigenvalue weighted by Gasteiger charge is 2.24. The minimum Gasteiger partial charge on any atom is -0.467 e. The van der Waals surface area contributed by atoms with Gasteiger partial charge in [-0.1, -0.05) is 6.07 Å². The fourth-order valence-electron chi connectivity index (χ4n) is 1.87. The summed E-state index contributed by atoms with van der Waals surface area (Å²) in [6.45, 7) is 1.58. The van der Waals surface area contributed by atoms with Crippen LogP contribution in [0.4, 0.5) is 8.78 Å². The molecule has 1 rings (SSSR count). The molecule has 0 saturated carbocycles. The summed E-state index contributed by atoms with van der Waals surface area (Å²) in [5, 5.41) is 11.1. The number of nitriles is 1. The molecule has 0 fully saturated rings. The SMILES string of the molecule is COC(=O)[C@H](C[C@H](C)C#N)NC(=O)Cc1c(F)cccc1F. The van der Waals surface area contributed by atoms with Crippen molar-refractivity contribution in [3.05, 3.63) is 35.4 Å². The van der Waals surface area contributed by atoms with Gasteiger partial charge >= 0.3 is 5.97 Å². The number of carbonyl (C=O) groups is 2. The molecular formula is C15H16F2N2O3. The maximum atomic E-state index is 13.5. The van der Waals surface area contributed by atoms with Crippen LogP contribution in [-0.4, -0.2) is 25.0 Å². The van der Waals surface area contributed by atoms with Crippen molar-refractivity contribution < 1.29 is 23.1 Å². The van der Waals surface area contributed by atoms with Gasteiger partial charge in [-0.05, 0) is 25.5 Å². The van der Waals surface area contributed by atoms with Crippen LogP contribution in [0.2, 0.25) is 0 Å². The average Bonchev–Trinajstić information content (AvgIpc) is 2.49. The molecule has 1 aromatic rings. The second-order valence-corrected chi connectivity index (χ2v) is 4.79. The summed E-state index contributed by atoms with van der Waals surface area (Å²) in [7, 11) is 1.15. The Kier molecular flexibility index (Phi) is 6.45. The number of benzene rings is 1. The third kappa shape index (κ3) is 4.81. The van der Waals surface area contributed by atoms with E-state index in [1.165, 1.54) is 6.07 Å². The van der Waals surface area contributed by atoms with Gasteiger partial charge in [-0.2, -0.15) is 5.26 Å². The Morgan fingerprint density at radius 3 is 2.45 bits per heavy atom. The van der Waals surface area contributed by atoms with Gasteiger partial charge in [0.05, 0.1) is 19.6 Å². The summed E-state index contributed by atoms with van der Waals surface area (Å²) < 4.78 is 31.5. The van der Waals surface area contributed by atoms with Crippen molar-refractivity contribution in [1.29, 1.82) is 5.26 Å². The Bertz CT molecular complexity index is 579. The van der Waals surface area contributed by atoms with E-state index in [0.717, 1.165) is 19.2 Å². The maximum Gasteiger partial charge on any atom is 0.328 e. The van der Waals surface area contributed by atoms with Crippen molar-refractivity contribution in [2.45, 2.75) is 25.8 Å². The number of hydrogen-bond donors (Lipinski definition) is 1. The average molecular weight is 310 g/mol. The molecule has 0 spiro atoms. The number of esters is 1. The van der Waals surface area contributed by atoms with Crippen molar-refractivity contribution in [2.24, 2.45) is 5.92 Å². The molecule has 0 saturated heterocycles. The standard InChI is InChI=1S/C15H16F2N2O3/c1-9(8-18)6-13(15(21)22-2)19-14(20)7-10-11(16)4-3-5-12(10)17/h3-5,9,13H,6-7H2,1-2H3,(H,19,20)/t9-,13-/m0/s1. The first-order valence-electron chi connectivity index (χ1n) is 6.58. The van der Waals surface area contributed by atoms with E-state index in [9.17, 15) is 18.4 Å². The van der Waals surface area contributed by atoms with Gasteiger partial charge in [-0.15, -0.1) is 0 Å². The summed E-state index contributed by atoms with van der Waals surface area (Å²) in [4.78, 5) is 23.5. The number of methoxy groups -OCH3 is 1. The van der Waals surface area contributed by atoms with Crippen LogP contribution in [-0.2, 0) is 20.7 Å². The van der Waals surface area contributed by atoms with E-state index in [-0.39, 0.29) is 12.0 Å². The number of carbonyl (C=O) groups excluding carboxylic acids is 2. The molecule has 0 bridgehead atoms. The monoisotopic (exact) mass is 310 g/mol. The Balaban J connectivity index is 2.79. The van der Waals surface area contributed by atoms with E-state index in [1.807, 2.05) is 6.07 Å². The molecule has 2 atom stereocenters. The van der Waals surface area contributed by atoms with Crippen molar-refractivity contribution in [3.63, 3.8) is 0 Å². The maximum absolute atomic E-state index is 13.5. The third-order valence-corrected chi connectivity index (χ3v) is 3.03. The van der Waals surface area contributed by atoms with E-state index in [4.69, 9.17) is 5.26 Å². The third-order valence-electron chi connectivity index (χ3n) is 3.03. The van der Waals surface area contributed by atoms with Gasteiger partial charge < -0.3 is 10.1 Å². The van der Waals surface area contributed by atoms with Crippen LogP contribution >= 0.6 is 0 Å². The van der Waals surface area contributed by atoms with E-state index in [1.54, 1.807) is 6.92 Å². The lowest BCUT2D eigenvalue weighted by Gasteiger charge is -2.17. The molecule has 0 aliphatic carbocycles. The minimum absolute atomic E-state index is 0.0503. The summed E-state index contributed by atoms with van der Waals surface area (Å²) in [6.07, 6.45) is -0.498. The fraction of sp³-hybridized carbons (Fsp3) is 0.400. The Hall–Kier alpha value is -2.49. The van der Waals surface area contributed by atoms with Crippen LogP contribution in [0.1, 0.15) is 18.9 Å². The highest BCUT2D eigenvalue weighted by atomic mass is 19.1. The predicted molar refractivity (Wildman–Crippen MR) is 73.4 cm³/mol.